The van der Waals surface area contributed by atoms with Gasteiger partial charge in [-0.05, 0) is 52.0 Å². The molecule has 2 aromatic rings. The average Bonchev–Trinajstić information content (AvgIpc) is 2.94. The molecule has 9 heteroatoms. The standard InChI is InChI=1S/C17H22ClN5O3/c1-10-8-12(20-23(10)17(2,3)4)15(24)21-22(16(19)25)13-9-11(18)6-7-14(13)26-5/h6-9H,1-5H3,(H2,19,25)(H,21,24). The third-order valence-electron chi connectivity index (χ3n) is 3.57. The second-order valence-corrected chi connectivity index (χ2v) is 7.12. The lowest BCUT2D eigenvalue weighted by Crippen LogP contribution is -2.49. The number of carbonyl (C=O) groups excluding carboxylic acids is 2. The van der Waals surface area contributed by atoms with Crippen LogP contribution in [0.2, 0.25) is 5.02 Å². The van der Waals surface area contributed by atoms with Gasteiger partial charge in [-0.2, -0.15) is 10.1 Å². The normalized spacial score (nSPS) is 11.2. The number of aryl methyl sites for hydroxylation is 1. The van der Waals surface area contributed by atoms with Crippen molar-refractivity contribution in [2.45, 2.75) is 33.2 Å². The third-order valence-corrected chi connectivity index (χ3v) is 3.81. The minimum Gasteiger partial charge on any atom is -0.494 e. The molecule has 0 saturated heterocycles. The zero-order valence-electron chi connectivity index (χ0n) is 15.3. The lowest BCUT2D eigenvalue weighted by molar-refractivity contribution is 0.0944. The van der Waals surface area contributed by atoms with Crippen molar-refractivity contribution in [3.63, 3.8) is 0 Å². The maximum atomic E-state index is 12.6. The molecule has 0 aliphatic carbocycles. The number of primary amides is 1. The summed E-state index contributed by atoms with van der Waals surface area (Å²) in [6.45, 7) is 7.77. The zero-order valence-corrected chi connectivity index (χ0v) is 16.1. The third kappa shape index (κ3) is 4.08. The Labute approximate surface area is 156 Å². The quantitative estimate of drug-likeness (QED) is 0.800. The van der Waals surface area contributed by atoms with Crippen LogP contribution >= 0.6 is 11.6 Å². The first kappa shape index (κ1) is 19.6. The number of methoxy groups -OCH3 is 1. The van der Waals surface area contributed by atoms with E-state index >= 15 is 0 Å². The molecule has 0 spiro atoms. The van der Waals surface area contributed by atoms with Crippen LogP contribution in [0.15, 0.2) is 24.3 Å². The largest absolute Gasteiger partial charge is 0.494 e. The number of nitrogens with zero attached hydrogens (tertiary/aromatic N) is 3. The number of hydrogen-bond acceptors (Lipinski definition) is 4. The van der Waals surface area contributed by atoms with Crippen molar-refractivity contribution in [1.82, 2.24) is 15.2 Å². The number of urea groups is 1. The predicted octanol–water partition coefficient (Wildman–Crippen LogP) is 2.84. The van der Waals surface area contributed by atoms with Gasteiger partial charge in [-0.25, -0.2) is 4.79 Å². The van der Waals surface area contributed by atoms with Crippen molar-refractivity contribution in [2.24, 2.45) is 5.73 Å². The summed E-state index contributed by atoms with van der Waals surface area (Å²) in [7, 11) is 1.43. The van der Waals surface area contributed by atoms with Crippen molar-refractivity contribution >= 4 is 29.2 Å². The van der Waals surface area contributed by atoms with Crippen LogP contribution in [0.25, 0.3) is 0 Å². The molecule has 0 radical (unpaired) electrons. The molecule has 1 heterocycles. The molecule has 0 atom stereocenters. The minimum atomic E-state index is -0.897. The number of amides is 3. The van der Waals surface area contributed by atoms with Gasteiger partial charge in [0, 0.05) is 10.7 Å². The fourth-order valence-electron chi connectivity index (χ4n) is 2.50. The Bertz CT molecular complexity index is 841. The molecule has 8 nitrogen and oxygen atoms in total. The first-order valence-corrected chi connectivity index (χ1v) is 8.23. The van der Waals surface area contributed by atoms with Gasteiger partial charge >= 0.3 is 6.03 Å². The maximum Gasteiger partial charge on any atom is 0.338 e. The molecule has 3 amide bonds. The molecule has 0 aliphatic heterocycles. The first-order chi connectivity index (χ1) is 12.0. The number of benzene rings is 1. The summed E-state index contributed by atoms with van der Waals surface area (Å²) in [5, 5.41) is 5.54. The number of nitrogens with one attached hydrogen (secondary N) is 1. The molecule has 2 rings (SSSR count). The van der Waals surface area contributed by atoms with Gasteiger partial charge in [0.1, 0.15) is 11.4 Å². The summed E-state index contributed by atoms with van der Waals surface area (Å²) in [6, 6.07) is 5.36. The summed E-state index contributed by atoms with van der Waals surface area (Å²) < 4.78 is 6.94. The molecule has 0 aliphatic rings. The Morgan fingerprint density at radius 1 is 1.31 bits per heavy atom. The Morgan fingerprint density at radius 3 is 2.46 bits per heavy atom. The minimum absolute atomic E-state index is 0.157. The van der Waals surface area contributed by atoms with Crippen LogP contribution in [0.5, 0.6) is 5.75 Å². The van der Waals surface area contributed by atoms with E-state index in [1.54, 1.807) is 22.9 Å². The van der Waals surface area contributed by atoms with Gasteiger partial charge in [0.05, 0.1) is 12.6 Å². The lowest BCUT2D eigenvalue weighted by Gasteiger charge is -2.23. The van der Waals surface area contributed by atoms with E-state index in [2.05, 4.69) is 10.5 Å². The Hall–Kier alpha value is -2.74. The fourth-order valence-corrected chi connectivity index (χ4v) is 2.66. The number of aromatic nitrogens is 2. The number of anilines is 1. The van der Waals surface area contributed by atoms with Crippen LogP contribution in [0.1, 0.15) is 37.0 Å². The monoisotopic (exact) mass is 379 g/mol. The SMILES string of the molecule is COc1ccc(Cl)cc1N(NC(=O)c1cc(C)n(C(C)(C)C)n1)C(N)=O. The van der Waals surface area contributed by atoms with E-state index in [1.807, 2.05) is 27.7 Å². The Balaban J connectivity index is 2.36. The van der Waals surface area contributed by atoms with Crippen LogP contribution in [0.3, 0.4) is 0 Å². The number of hydrogen-bond donors (Lipinski definition) is 2. The van der Waals surface area contributed by atoms with Crippen LogP contribution in [-0.4, -0.2) is 28.8 Å². The summed E-state index contributed by atoms with van der Waals surface area (Å²) in [5.41, 5.74) is 8.77. The molecule has 0 saturated carbocycles. The van der Waals surface area contributed by atoms with Crippen molar-refractivity contribution < 1.29 is 14.3 Å². The zero-order chi connectivity index (χ0) is 19.6. The Morgan fingerprint density at radius 2 is 1.96 bits per heavy atom. The van der Waals surface area contributed by atoms with Crippen LogP contribution < -0.4 is 20.9 Å². The molecule has 140 valence electrons. The molecule has 0 unspecified atom stereocenters. The van der Waals surface area contributed by atoms with E-state index in [0.717, 1.165) is 10.7 Å². The maximum absolute atomic E-state index is 12.6. The smallest absolute Gasteiger partial charge is 0.338 e. The second-order valence-electron chi connectivity index (χ2n) is 6.68. The topological polar surface area (TPSA) is 102 Å². The van der Waals surface area contributed by atoms with Gasteiger partial charge in [0.2, 0.25) is 0 Å². The van der Waals surface area contributed by atoms with E-state index in [4.69, 9.17) is 22.1 Å². The van der Waals surface area contributed by atoms with Gasteiger partial charge < -0.3 is 10.5 Å². The van der Waals surface area contributed by atoms with Gasteiger partial charge in [-0.15, -0.1) is 0 Å². The van der Waals surface area contributed by atoms with E-state index in [-0.39, 0.29) is 16.9 Å². The summed E-state index contributed by atoms with van der Waals surface area (Å²) in [5.74, 6) is -0.262. The highest BCUT2D eigenvalue weighted by molar-refractivity contribution is 6.31. The van der Waals surface area contributed by atoms with Gasteiger partial charge in [-0.3, -0.25) is 14.9 Å². The molecule has 3 N–H and O–H groups in total. The van der Waals surface area contributed by atoms with Crippen molar-refractivity contribution in [1.29, 1.82) is 0 Å². The molecule has 1 aromatic carbocycles. The molecule has 0 fully saturated rings. The summed E-state index contributed by atoms with van der Waals surface area (Å²) in [6.07, 6.45) is 0. The van der Waals surface area contributed by atoms with Gasteiger partial charge in [0.25, 0.3) is 5.91 Å². The number of halogens is 1. The van der Waals surface area contributed by atoms with Crippen LogP contribution in [0.4, 0.5) is 10.5 Å². The Kier molecular flexibility index (Phi) is 5.46. The van der Waals surface area contributed by atoms with Gasteiger partial charge in [-0.1, -0.05) is 11.6 Å². The highest BCUT2D eigenvalue weighted by atomic mass is 35.5. The predicted molar refractivity (Wildman–Crippen MR) is 99.5 cm³/mol. The number of carbonyl (C=O) groups is 2. The molecular formula is C17H22ClN5O3. The van der Waals surface area contributed by atoms with E-state index in [0.29, 0.717) is 10.8 Å². The van der Waals surface area contributed by atoms with Gasteiger partial charge in [0.15, 0.2) is 5.69 Å². The lowest BCUT2D eigenvalue weighted by atomic mass is 10.1. The number of rotatable bonds is 3. The van der Waals surface area contributed by atoms with Crippen LogP contribution in [-0.2, 0) is 5.54 Å². The second kappa shape index (κ2) is 7.25. The van der Waals surface area contributed by atoms with E-state index in [1.165, 1.54) is 13.2 Å². The molecular weight excluding hydrogens is 358 g/mol. The first-order valence-electron chi connectivity index (χ1n) is 7.86. The average molecular weight is 380 g/mol. The van der Waals surface area contributed by atoms with Crippen molar-refractivity contribution in [3.05, 3.63) is 40.7 Å². The number of ether oxygens (including phenoxy) is 1. The van der Waals surface area contributed by atoms with E-state index < -0.39 is 11.9 Å². The molecule has 0 bridgehead atoms. The van der Waals surface area contributed by atoms with E-state index in [9.17, 15) is 9.59 Å². The number of hydrazine groups is 1. The fraction of sp³-hybridized carbons (Fsp3) is 0.353. The molecule has 26 heavy (non-hydrogen) atoms. The highest BCUT2D eigenvalue weighted by Crippen LogP contribution is 2.30. The summed E-state index contributed by atoms with van der Waals surface area (Å²) >= 11 is 5.99. The summed E-state index contributed by atoms with van der Waals surface area (Å²) in [4.78, 5) is 24.5. The van der Waals surface area contributed by atoms with Crippen molar-refractivity contribution in [3.8, 4) is 5.75 Å². The van der Waals surface area contributed by atoms with Crippen LogP contribution in [0, 0.1) is 6.92 Å². The number of nitrogens with two attached hydrogens (primary N) is 1. The van der Waals surface area contributed by atoms with Crippen molar-refractivity contribution in [2.75, 3.05) is 12.1 Å². The molecule has 1 aromatic heterocycles. The highest BCUT2D eigenvalue weighted by Gasteiger charge is 2.24.